The molecule has 60 valence electrons. The van der Waals surface area contributed by atoms with Crippen molar-refractivity contribution in [2.75, 3.05) is 0 Å². The van der Waals surface area contributed by atoms with Crippen LogP contribution in [0.1, 0.15) is 12.8 Å². The molecule has 4 nitrogen and oxygen atoms in total. The number of hydrogen-bond acceptors (Lipinski definition) is 2. The molecule has 6 heteroatoms. The molecule has 1 rings (SSSR count). The molecule has 0 aliphatic carbocycles. The summed E-state index contributed by atoms with van der Waals surface area (Å²) in [4.78, 5) is 17.1. The van der Waals surface area contributed by atoms with Crippen molar-refractivity contribution in [3.63, 3.8) is 0 Å². The third kappa shape index (κ3) is 1.94. The molecule has 0 amide bonds. The first-order valence-corrected chi connectivity index (χ1v) is 4.96. The Labute approximate surface area is 63.3 Å². The van der Waals surface area contributed by atoms with E-state index in [-0.39, 0.29) is 0 Å². The molecule has 1 aliphatic heterocycles. The highest BCUT2D eigenvalue weighted by Gasteiger charge is 2.36. The zero-order valence-corrected chi connectivity index (χ0v) is 6.76. The quantitative estimate of drug-likeness (QED) is 0.471. The third-order valence-corrected chi connectivity index (χ3v) is 2.77. The summed E-state index contributed by atoms with van der Waals surface area (Å²) in [5, 5.41) is 0. The molecule has 2 N–H and O–H groups in total. The Morgan fingerprint density at radius 1 is 1.50 bits per heavy atom. The summed E-state index contributed by atoms with van der Waals surface area (Å²) < 4.78 is 15.2. The first-order chi connectivity index (χ1) is 4.50. The number of hydrogen-bond donors (Lipinski definition) is 2. The summed E-state index contributed by atoms with van der Waals surface area (Å²) >= 11 is 5.45. The molecular weight excluding hydrogens is 178 g/mol. The highest BCUT2D eigenvalue weighted by atomic mass is 35.5. The van der Waals surface area contributed by atoms with Crippen molar-refractivity contribution in [3.05, 3.63) is 0 Å². The lowest BCUT2D eigenvalue weighted by Gasteiger charge is -2.10. The summed E-state index contributed by atoms with van der Waals surface area (Å²) in [6.07, 6.45) is 0.857. The van der Waals surface area contributed by atoms with Crippen LogP contribution in [0.5, 0.6) is 0 Å². The Morgan fingerprint density at radius 2 is 2.10 bits per heavy atom. The number of halogens is 1. The van der Waals surface area contributed by atoms with E-state index in [4.69, 9.17) is 26.1 Å². The van der Waals surface area contributed by atoms with Gasteiger partial charge in [0.2, 0.25) is 0 Å². The predicted molar refractivity (Wildman–Crippen MR) is 35.8 cm³/mol. The summed E-state index contributed by atoms with van der Waals surface area (Å²) in [5.74, 6) is -0.977. The van der Waals surface area contributed by atoms with Crippen molar-refractivity contribution in [2.45, 2.75) is 24.2 Å². The maximum Gasteiger partial charge on any atom is 0.354 e. The lowest BCUT2D eigenvalue weighted by molar-refractivity contribution is 0.118. The van der Waals surface area contributed by atoms with Gasteiger partial charge in [-0.05, 0) is 12.8 Å². The molecule has 2 atom stereocenters. The standard InChI is InChI=1S/C4H8ClO4P/c5-3-1-2-4(9-3)10(6,7)8/h3-4H,1-2H2,(H2,6,7,8). The van der Waals surface area contributed by atoms with Crippen LogP contribution in [0.4, 0.5) is 0 Å². The molecule has 0 aromatic carbocycles. The van der Waals surface area contributed by atoms with E-state index >= 15 is 0 Å². The van der Waals surface area contributed by atoms with Crippen molar-refractivity contribution < 1.29 is 19.1 Å². The van der Waals surface area contributed by atoms with Gasteiger partial charge in [0.05, 0.1) is 0 Å². The van der Waals surface area contributed by atoms with Crippen LogP contribution in [0.15, 0.2) is 0 Å². The molecule has 1 saturated heterocycles. The number of ether oxygens (including phenoxy) is 1. The zero-order valence-electron chi connectivity index (χ0n) is 5.11. The largest absolute Gasteiger partial charge is 0.354 e. The van der Waals surface area contributed by atoms with E-state index < -0.39 is 19.0 Å². The monoisotopic (exact) mass is 186 g/mol. The Balaban J connectivity index is 2.53. The van der Waals surface area contributed by atoms with E-state index in [0.29, 0.717) is 12.8 Å². The minimum Gasteiger partial charge on any atom is -0.347 e. The summed E-state index contributed by atoms with van der Waals surface area (Å²) in [6, 6.07) is 0. The van der Waals surface area contributed by atoms with E-state index in [9.17, 15) is 4.57 Å². The van der Waals surface area contributed by atoms with Crippen LogP contribution in [0.2, 0.25) is 0 Å². The van der Waals surface area contributed by atoms with Gasteiger partial charge < -0.3 is 14.5 Å². The maximum atomic E-state index is 10.5. The van der Waals surface area contributed by atoms with Gasteiger partial charge in [0.15, 0.2) is 5.85 Å². The molecular formula is C4H8ClO4P. The average molecular weight is 187 g/mol. The second kappa shape index (κ2) is 2.80. The van der Waals surface area contributed by atoms with Crippen molar-refractivity contribution in [1.29, 1.82) is 0 Å². The van der Waals surface area contributed by atoms with E-state index in [1.807, 2.05) is 0 Å². The van der Waals surface area contributed by atoms with E-state index in [2.05, 4.69) is 0 Å². The van der Waals surface area contributed by atoms with Crippen molar-refractivity contribution in [3.8, 4) is 0 Å². The molecule has 2 unspecified atom stereocenters. The fraction of sp³-hybridized carbons (Fsp3) is 1.00. The Morgan fingerprint density at radius 3 is 2.30 bits per heavy atom. The van der Waals surface area contributed by atoms with Gasteiger partial charge in [-0.25, -0.2) is 0 Å². The first kappa shape index (κ1) is 8.50. The average Bonchev–Trinajstić information content (AvgIpc) is 2.11. The van der Waals surface area contributed by atoms with Gasteiger partial charge in [0.1, 0.15) is 5.56 Å². The molecule has 10 heavy (non-hydrogen) atoms. The summed E-state index contributed by atoms with van der Waals surface area (Å²) in [5.41, 5.74) is -0.530. The smallest absolute Gasteiger partial charge is 0.347 e. The topological polar surface area (TPSA) is 66.8 Å². The zero-order chi connectivity index (χ0) is 7.78. The van der Waals surface area contributed by atoms with Crippen LogP contribution in [-0.4, -0.2) is 21.2 Å². The Bertz CT molecular complexity index is 167. The van der Waals surface area contributed by atoms with E-state index in [0.717, 1.165) is 0 Å². The molecule has 0 aromatic heterocycles. The SMILES string of the molecule is O=P(O)(O)C1CCC(Cl)O1. The third-order valence-electron chi connectivity index (χ3n) is 1.32. The van der Waals surface area contributed by atoms with E-state index in [1.54, 1.807) is 0 Å². The normalized spacial score (nSPS) is 34.7. The van der Waals surface area contributed by atoms with E-state index in [1.165, 1.54) is 0 Å². The molecule has 0 aromatic rings. The molecule has 0 spiro atoms. The predicted octanol–water partition coefficient (Wildman–Crippen LogP) is 0.865. The molecule has 0 radical (unpaired) electrons. The molecule has 1 fully saturated rings. The summed E-state index contributed by atoms with van der Waals surface area (Å²) in [7, 11) is -4.06. The first-order valence-electron chi connectivity index (χ1n) is 2.85. The van der Waals surface area contributed by atoms with Crippen LogP contribution in [-0.2, 0) is 9.30 Å². The minimum absolute atomic E-state index is 0.346. The van der Waals surface area contributed by atoms with Crippen molar-refractivity contribution >= 4 is 19.2 Å². The molecule has 0 bridgehead atoms. The molecule has 1 heterocycles. The fourth-order valence-electron chi connectivity index (χ4n) is 0.828. The molecule has 0 saturated carbocycles. The Kier molecular flexibility index (Phi) is 2.38. The lowest BCUT2D eigenvalue weighted by Crippen LogP contribution is -2.06. The minimum atomic E-state index is -4.06. The van der Waals surface area contributed by atoms with Crippen LogP contribution in [0.3, 0.4) is 0 Å². The highest BCUT2D eigenvalue weighted by molar-refractivity contribution is 7.52. The highest BCUT2D eigenvalue weighted by Crippen LogP contribution is 2.48. The number of alkyl halides is 1. The Hall–Kier alpha value is 0.400. The van der Waals surface area contributed by atoms with Gasteiger partial charge in [0.25, 0.3) is 0 Å². The maximum absolute atomic E-state index is 10.5. The van der Waals surface area contributed by atoms with Crippen molar-refractivity contribution in [1.82, 2.24) is 0 Å². The second-order valence-corrected chi connectivity index (χ2v) is 4.41. The molecule has 1 aliphatic rings. The van der Waals surface area contributed by atoms with Crippen LogP contribution >= 0.6 is 19.2 Å². The van der Waals surface area contributed by atoms with Crippen LogP contribution in [0.25, 0.3) is 0 Å². The second-order valence-electron chi connectivity index (χ2n) is 2.17. The van der Waals surface area contributed by atoms with Gasteiger partial charge >= 0.3 is 7.60 Å². The van der Waals surface area contributed by atoms with Gasteiger partial charge in [-0.15, -0.1) is 0 Å². The van der Waals surface area contributed by atoms with Gasteiger partial charge in [-0.3, -0.25) is 4.57 Å². The van der Waals surface area contributed by atoms with Gasteiger partial charge in [0, 0.05) is 0 Å². The van der Waals surface area contributed by atoms with Gasteiger partial charge in [-0.2, -0.15) is 0 Å². The number of rotatable bonds is 1. The van der Waals surface area contributed by atoms with Crippen LogP contribution < -0.4 is 0 Å². The van der Waals surface area contributed by atoms with Crippen molar-refractivity contribution in [2.24, 2.45) is 0 Å². The summed E-state index contributed by atoms with van der Waals surface area (Å²) in [6.45, 7) is 0. The van der Waals surface area contributed by atoms with Gasteiger partial charge in [-0.1, -0.05) is 11.6 Å². The fourth-order valence-corrected chi connectivity index (χ4v) is 1.94. The van der Waals surface area contributed by atoms with Crippen LogP contribution in [0, 0.1) is 0 Å². The lowest BCUT2D eigenvalue weighted by atomic mass is 10.4.